The molecule has 90 valence electrons. The van der Waals surface area contributed by atoms with Gasteiger partial charge in [0.2, 0.25) is 11.7 Å². The normalized spacial score (nSPS) is 19.9. The van der Waals surface area contributed by atoms with Crippen molar-refractivity contribution in [2.45, 2.75) is 24.9 Å². The number of ether oxygens (including phenoxy) is 2. The molecule has 1 aliphatic rings. The van der Waals surface area contributed by atoms with Gasteiger partial charge in [0.1, 0.15) is 5.60 Å². The summed E-state index contributed by atoms with van der Waals surface area (Å²) in [6.07, 6.45) is 2.09. The summed E-state index contributed by atoms with van der Waals surface area (Å²) >= 11 is 5.62. The zero-order valence-corrected chi connectivity index (χ0v) is 10.00. The molecule has 1 aliphatic heterocycles. The average molecular weight is 247 g/mol. The minimum absolute atomic E-state index is 0.452. The van der Waals surface area contributed by atoms with Gasteiger partial charge in [0, 0.05) is 45.5 Å². The van der Waals surface area contributed by atoms with Gasteiger partial charge in [0.05, 0.1) is 0 Å². The molecule has 1 aromatic rings. The maximum atomic E-state index is 5.62. The highest BCUT2D eigenvalue weighted by molar-refractivity contribution is 6.17. The molecule has 6 heteroatoms. The van der Waals surface area contributed by atoms with Crippen molar-refractivity contribution in [3.63, 3.8) is 0 Å². The Labute approximate surface area is 99.1 Å². The van der Waals surface area contributed by atoms with E-state index < -0.39 is 5.60 Å². The fraction of sp³-hybridized carbons (Fsp3) is 0.800. The molecule has 5 nitrogen and oxygen atoms in total. The number of rotatable bonds is 4. The lowest BCUT2D eigenvalue weighted by atomic mass is 9.93. The molecular formula is C10H15ClN2O3. The van der Waals surface area contributed by atoms with Crippen molar-refractivity contribution >= 4 is 11.6 Å². The molecule has 0 unspecified atom stereocenters. The van der Waals surface area contributed by atoms with Crippen LogP contribution < -0.4 is 0 Å². The summed E-state index contributed by atoms with van der Waals surface area (Å²) < 4.78 is 16.0. The van der Waals surface area contributed by atoms with Gasteiger partial charge in [-0.1, -0.05) is 5.16 Å². The Morgan fingerprint density at radius 1 is 1.44 bits per heavy atom. The first-order valence-electron chi connectivity index (χ1n) is 5.33. The van der Waals surface area contributed by atoms with Gasteiger partial charge in [-0.15, -0.1) is 11.6 Å². The van der Waals surface area contributed by atoms with E-state index in [0.29, 0.717) is 37.2 Å². The Kier molecular flexibility index (Phi) is 3.78. The molecule has 2 heterocycles. The summed E-state index contributed by atoms with van der Waals surface area (Å²) in [6, 6.07) is 0. The van der Waals surface area contributed by atoms with E-state index in [-0.39, 0.29) is 0 Å². The predicted octanol–water partition coefficient (Wildman–Crippen LogP) is 1.50. The second kappa shape index (κ2) is 5.12. The number of methoxy groups -OCH3 is 1. The number of nitrogens with zero attached hydrogens (tertiary/aromatic N) is 2. The summed E-state index contributed by atoms with van der Waals surface area (Å²) in [5, 5.41) is 3.98. The van der Waals surface area contributed by atoms with Gasteiger partial charge in [-0.05, 0) is 0 Å². The third kappa shape index (κ3) is 2.21. The van der Waals surface area contributed by atoms with E-state index in [9.17, 15) is 0 Å². The van der Waals surface area contributed by atoms with Crippen LogP contribution in [0.5, 0.6) is 0 Å². The molecule has 0 saturated carbocycles. The Hall–Kier alpha value is -0.650. The maximum absolute atomic E-state index is 5.62. The van der Waals surface area contributed by atoms with Crippen molar-refractivity contribution < 1.29 is 14.0 Å². The van der Waals surface area contributed by atoms with E-state index in [1.54, 1.807) is 7.11 Å². The zero-order chi connectivity index (χ0) is 11.4. The van der Waals surface area contributed by atoms with Crippen molar-refractivity contribution in [3.05, 3.63) is 11.7 Å². The molecular weight excluding hydrogens is 232 g/mol. The van der Waals surface area contributed by atoms with E-state index in [2.05, 4.69) is 10.1 Å². The molecule has 0 N–H and O–H groups in total. The van der Waals surface area contributed by atoms with E-state index >= 15 is 0 Å². The van der Waals surface area contributed by atoms with Crippen LogP contribution in [0.15, 0.2) is 4.52 Å². The van der Waals surface area contributed by atoms with Crippen LogP contribution in [0.4, 0.5) is 0 Å². The number of alkyl halides is 1. The minimum atomic E-state index is -0.452. The van der Waals surface area contributed by atoms with Gasteiger partial charge in [0.15, 0.2) is 0 Å². The van der Waals surface area contributed by atoms with Crippen LogP contribution in [0.25, 0.3) is 0 Å². The lowest BCUT2D eigenvalue weighted by molar-refractivity contribution is -0.101. The van der Waals surface area contributed by atoms with E-state index in [1.807, 2.05) is 0 Å². The Morgan fingerprint density at radius 2 is 2.19 bits per heavy atom. The van der Waals surface area contributed by atoms with Crippen LogP contribution in [0.1, 0.15) is 24.6 Å². The predicted molar refractivity (Wildman–Crippen MR) is 57.5 cm³/mol. The number of halogens is 1. The number of aryl methyl sites for hydroxylation is 1. The fourth-order valence-electron chi connectivity index (χ4n) is 1.84. The molecule has 0 aromatic carbocycles. The van der Waals surface area contributed by atoms with Gasteiger partial charge in [0.25, 0.3) is 0 Å². The van der Waals surface area contributed by atoms with E-state index in [1.165, 1.54) is 0 Å². The van der Waals surface area contributed by atoms with Crippen molar-refractivity contribution in [3.8, 4) is 0 Å². The number of hydrogen-bond donors (Lipinski definition) is 0. The van der Waals surface area contributed by atoms with Crippen molar-refractivity contribution in [2.75, 3.05) is 26.2 Å². The topological polar surface area (TPSA) is 57.4 Å². The zero-order valence-electron chi connectivity index (χ0n) is 9.24. The standard InChI is InChI=1S/C10H15ClN2O3/c1-14-10(3-6-15-7-4-10)9-12-8(2-5-11)16-13-9/h2-7H2,1H3. The molecule has 1 aromatic heterocycles. The first-order valence-corrected chi connectivity index (χ1v) is 5.86. The molecule has 2 rings (SSSR count). The summed E-state index contributed by atoms with van der Waals surface area (Å²) in [5.41, 5.74) is -0.452. The number of hydrogen-bond acceptors (Lipinski definition) is 5. The van der Waals surface area contributed by atoms with Crippen LogP contribution in [-0.2, 0) is 21.5 Å². The smallest absolute Gasteiger partial charge is 0.227 e. The molecule has 0 aliphatic carbocycles. The molecule has 1 fully saturated rings. The number of aromatic nitrogens is 2. The fourth-order valence-corrected chi connectivity index (χ4v) is 2.00. The maximum Gasteiger partial charge on any atom is 0.227 e. The first kappa shape index (κ1) is 11.8. The summed E-state index contributed by atoms with van der Waals surface area (Å²) in [6.45, 7) is 1.32. The van der Waals surface area contributed by atoms with E-state index in [4.69, 9.17) is 25.6 Å². The van der Waals surface area contributed by atoms with Gasteiger partial charge < -0.3 is 14.0 Å². The Bertz CT molecular complexity index is 337. The van der Waals surface area contributed by atoms with Crippen LogP contribution in [0.2, 0.25) is 0 Å². The SMILES string of the molecule is COC1(c2noc(CCCl)n2)CCOCC1. The largest absolute Gasteiger partial charge is 0.381 e. The lowest BCUT2D eigenvalue weighted by Gasteiger charge is -2.32. The van der Waals surface area contributed by atoms with Crippen molar-refractivity contribution in [1.29, 1.82) is 0 Å². The van der Waals surface area contributed by atoms with Gasteiger partial charge >= 0.3 is 0 Å². The third-order valence-corrected chi connectivity index (χ3v) is 3.06. The molecule has 0 atom stereocenters. The quantitative estimate of drug-likeness (QED) is 0.754. The second-order valence-corrected chi connectivity index (χ2v) is 4.14. The van der Waals surface area contributed by atoms with Crippen LogP contribution >= 0.6 is 11.6 Å². The molecule has 0 bridgehead atoms. The highest BCUT2D eigenvalue weighted by atomic mass is 35.5. The van der Waals surface area contributed by atoms with E-state index in [0.717, 1.165) is 12.8 Å². The highest BCUT2D eigenvalue weighted by Crippen LogP contribution is 2.33. The summed E-state index contributed by atoms with van der Waals surface area (Å²) in [4.78, 5) is 4.32. The first-order chi connectivity index (χ1) is 7.80. The second-order valence-electron chi connectivity index (χ2n) is 3.76. The van der Waals surface area contributed by atoms with Crippen molar-refractivity contribution in [1.82, 2.24) is 10.1 Å². The van der Waals surface area contributed by atoms with Gasteiger partial charge in [-0.25, -0.2) is 0 Å². The van der Waals surface area contributed by atoms with Crippen LogP contribution in [0, 0.1) is 0 Å². The minimum Gasteiger partial charge on any atom is -0.381 e. The highest BCUT2D eigenvalue weighted by Gasteiger charge is 2.39. The Balaban J connectivity index is 2.18. The molecule has 0 spiro atoms. The average Bonchev–Trinajstić information content (AvgIpc) is 2.80. The molecule has 16 heavy (non-hydrogen) atoms. The van der Waals surface area contributed by atoms with Crippen molar-refractivity contribution in [2.24, 2.45) is 0 Å². The van der Waals surface area contributed by atoms with Crippen LogP contribution in [0.3, 0.4) is 0 Å². The van der Waals surface area contributed by atoms with Crippen LogP contribution in [-0.4, -0.2) is 36.3 Å². The monoisotopic (exact) mass is 246 g/mol. The lowest BCUT2D eigenvalue weighted by Crippen LogP contribution is -2.36. The molecule has 1 saturated heterocycles. The Morgan fingerprint density at radius 3 is 2.81 bits per heavy atom. The summed E-state index contributed by atoms with van der Waals surface area (Å²) in [7, 11) is 1.67. The molecule has 0 amide bonds. The third-order valence-electron chi connectivity index (χ3n) is 2.88. The van der Waals surface area contributed by atoms with Gasteiger partial charge in [-0.3, -0.25) is 0 Å². The van der Waals surface area contributed by atoms with Gasteiger partial charge in [-0.2, -0.15) is 4.98 Å². The summed E-state index contributed by atoms with van der Waals surface area (Å²) in [5.74, 6) is 1.65. The molecule has 0 radical (unpaired) electrons.